The number of aromatic nitrogens is 2. The second-order valence-electron chi connectivity index (χ2n) is 12.1. The van der Waals surface area contributed by atoms with E-state index < -0.39 is 11.5 Å². The van der Waals surface area contributed by atoms with Crippen LogP contribution in [-0.4, -0.2) is 51.9 Å². The van der Waals surface area contributed by atoms with Crippen LogP contribution >= 0.6 is 0 Å². The van der Waals surface area contributed by atoms with E-state index in [1.807, 2.05) is 37.6 Å². The minimum Gasteiger partial charge on any atom is -0.444 e. The Hall–Kier alpha value is -3.03. The Morgan fingerprint density at radius 3 is 2.56 bits per heavy atom. The standard InChI is InChI=1S/C28H41N5O3/c1-18-21-9-12-28(5,6)16-24(21)33(31-18)20-7-8-22(25(29)34)23(15-20)30-17-19-10-13-32(14-11-19)26(35)36-27(2,3)4/h7-8,15,19,30H,9-14,16-17H2,1-6H3,(H2,29,34). The van der Waals surface area contributed by atoms with Crippen LogP contribution < -0.4 is 11.1 Å². The Balaban J connectivity index is 1.48. The molecule has 196 valence electrons. The van der Waals surface area contributed by atoms with Gasteiger partial charge >= 0.3 is 6.09 Å². The number of hydrogen-bond donors (Lipinski definition) is 2. The smallest absolute Gasteiger partial charge is 0.410 e. The number of primary amides is 1. The van der Waals surface area contributed by atoms with Crippen molar-refractivity contribution in [2.24, 2.45) is 17.1 Å². The van der Waals surface area contributed by atoms with Gasteiger partial charge in [0.15, 0.2) is 0 Å². The van der Waals surface area contributed by atoms with Gasteiger partial charge in [-0.1, -0.05) is 13.8 Å². The lowest BCUT2D eigenvalue weighted by Gasteiger charge is -2.33. The number of rotatable bonds is 5. The first kappa shape index (κ1) is 26.0. The number of carbonyl (C=O) groups excluding carboxylic acids is 2. The molecule has 1 aliphatic carbocycles. The molecule has 4 rings (SSSR count). The molecular weight excluding hydrogens is 454 g/mol. The highest BCUT2D eigenvalue weighted by molar-refractivity contribution is 5.98. The highest BCUT2D eigenvalue weighted by atomic mass is 16.6. The lowest BCUT2D eigenvalue weighted by atomic mass is 9.76. The number of piperidine rings is 1. The molecule has 0 atom stereocenters. The van der Waals surface area contributed by atoms with Crippen molar-refractivity contribution in [3.8, 4) is 5.69 Å². The zero-order valence-corrected chi connectivity index (χ0v) is 22.6. The van der Waals surface area contributed by atoms with Crippen molar-refractivity contribution in [3.05, 3.63) is 40.7 Å². The van der Waals surface area contributed by atoms with E-state index in [1.165, 1.54) is 11.3 Å². The topological polar surface area (TPSA) is 102 Å². The van der Waals surface area contributed by atoms with Gasteiger partial charge in [-0.3, -0.25) is 4.79 Å². The van der Waals surface area contributed by atoms with E-state index in [0.717, 1.165) is 49.2 Å². The molecule has 8 heteroatoms. The molecule has 2 aromatic rings. The third-order valence-corrected chi connectivity index (χ3v) is 7.35. The molecule has 36 heavy (non-hydrogen) atoms. The van der Waals surface area contributed by atoms with Crippen LogP contribution in [0.5, 0.6) is 0 Å². The number of anilines is 1. The Morgan fingerprint density at radius 2 is 1.92 bits per heavy atom. The SMILES string of the molecule is Cc1nn(-c2ccc(C(N)=O)c(NCC3CCN(C(=O)OC(C)(C)C)CC3)c2)c2c1CCC(C)(C)C2. The number of amides is 2. The minimum atomic E-state index is -0.492. The number of carbonyl (C=O) groups is 2. The molecule has 8 nitrogen and oxygen atoms in total. The maximum Gasteiger partial charge on any atom is 0.410 e. The van der Waals surface area contributed by atoms with Crippen LogP contribution in [0.15, 0.2) is 18.2 Å². The van der Waals surface area contributed by atoms with Gasteiger partial charge in [-0.05, 0) is 94.9 Å². The van der Waals surface area contributed by atoms with Gasteiger partial charge in [0.1, 0.15) is 5.60 Å². The normalized spacial score (nSPS) is 18.0. The molecule has 1 fully saturated rings. The number of nitrogens with zero attached hydrogens (tertiary/aromatic N) is 3. The van der Waals surface area contributed by atoms with Crippen LogP contribution in [-0.2, 0) is 17.6 Å². The number of aryl methyl sites for hydroxylation is 1. The van der Waals surface area contributed by atoms with Crippen molar-refractivity contribution < 1.29 is 14.3 Å². The molecule has 0 spiro atoms. The highest BCUT2D eigenvalue weighted by Crippen LogP contribution is 2.37. The first-order valence-electron chi connectivity index (χ1n) is 13.1. The summed E-state index contributed by atoms with van der Waals surface area (Å²) in [5, 5.41) is 8.35. The van der Waals surface area contributed by atoms with Gasteiger partial charge in [-0.25, -0.2) is 9.48 Å². The van der Waals surface area contributed by atoms with Crippen molar-refractivity contribution >= 4 is 17.7 Å². The summed E-state index contributed by atoms with van der Waals surface area (Å²) in [6, 6.07) is 5.71. The Kier molecular flexibility index (Phi) is 7.08. The van der Waals surface area contributed by atoms with E-state index in [0.29, 0.717) is 31.1 Å². The summed E-state index contributed by atoms with van der Waals surface area (Å²) in [7, 11) is 0. The number of nitrogens with one attached hydrogen (secondary N) is 1. The van der Waals surface area contributed by atoms with Gasteiger partial charge in [-0.15, -0.1) is 0 Å². The van der Waals surface area contributed by atoms with Crippen LogP contribution in [0.2, 0.25) is 0 Å². The van der Waals surface area contributed by atoms with Crippen molar-refractivity contribution in [1.82, 2.24) is 14.7 Å². The minimum absolute atomic E-state index is 0.236. The second-order valence-corrected chi connectivity index (χ2v) is 12.1. The highest BCUT2D eigenvalue weighted by Gasteiger charge is 2.31. The van der Waals surface area contributed by atoms with Crippen molar-refractivity contribution in [2.45, 2.75) is 79.2 Å². The van der Waals surface area contributed by atoms with E-state index in [-0.39, 0.29) is 11.5 Å². The molecule has 3 N–H and O–H groups in total. The molecular formula is C28H41N5O3. The Bertz CT molecular complexity index is 1140. The molecule has 1 aliphatic heterocycles. The van der Waals surface area contributed by atoms with Crippen molar-refractivity contribution in [1.29, 1.82) is 0 Å². The maximum absolute atomic E-state index is 12.4. The third kappa shape index (κ3) is 5.85. The maximum atomic E-state index is 12.4. The summed E-state index contributed by atoms with van der Waals surface area (Å²) < 4.78 is 7.55. The van der Waals surface area contributed by atoms with Gasteiger partial charge in [0.05, 0.1) is 16.9 Å². The molecule has 1 saturated heterocycles. The summed E-state index contributed by atoms with van der Waals surface area (Å²) in [4.78, 5) is 26.3. The molecule has 1 aromatic carbocycles. The van der Waals surface area contributed by atoms with E-state index in [9.17, 15) is 9.59 Å². The number of likely N-dealkylation sites (tertiary alicyclic amines) is 1. The van der Waals surface area contributed by atoms with Crippen LogP contribution in [0.3, 0.4) is 0 Å². The van der Waals surface area contributed by atoms with Crippen molar-refractivity contribution in [2.75, 3.05) is 25.0 Å². The monoisotopic (exact) mass is 495 g/mol. The number of benzene rings is 1. The number of ether oxygens (including phenoxy) is 1. The third-order valence-electron chi connectivity index (χ3n) is 7.35. The van der Waals surface area contributed by atoms with Gasteiger partial charge in [0.25, 0.3) is 5.91 Å². The Morgan fingerprint density at radius 1 is 1.22 bits per heavy atom. The quantitative estimate of drug-likeness (QED) is 0.617. The van der Waals surface area contributed by atoms with Crippen LogP contribution in [0.4, 0.5) is 10.5 Å². The molecule has 2 amide bonds. The summed E-state index contributed by atoms with van der Waals surface area (Å²) >= 11 is 0. The van der Waals surface area contributed by atoms with E-state index in [2.05, 4.69) is 26.1 Å². The molecule has 1 aromatic heterocycles. The predicted molar refractivity (Wildman–Crippen MR) is 142 cm³/mol. The molecule has 2 heterocycles. The van der Waals surface area contributed by atoms with E-state index >= 15 is 0 Å². The molecule has 0 bridgehead atoms. The van der Waals surface area contributed by atoms with Crippen LogP contribution in [0.25, 0.3) is 5.69 Å². The molecule has 2 aliphatic rings. The van der Waals surface area contributed by atoms with Gasteiger partial charge in [0, 0.05) is 31.0 Å². The Labute approximate surface area is 214 Å². The first-order valence-corrected chi connectivity index (χ1v) is 13.1. The van der Waals surface area contributed by atoms with E-state index in [4.69, 9.17) is 15.6 Å². The largest absolute Gasteiger partial charge is 0.444 e. The molecule has 0 unspecified atom stereocenters. The summed E-state index contributed by atoms with van der Waals surface area (Å²) in [5.74, 6) is -0.0721. The van der Waals surface area contributed by atoms with Gasteiger partial charge in [-0.2, -0.15) is 5.10 Å². The van der Waals surface area contributed by atoms with E-state index in [1.54, 1.807) is 11.0 Å². The van der Waals surface area contributed by atoms with Gasteiger partial charge < -0.3 is 20.7 Å². The number of hydrogen-bond acceptors (Lipinski definition) is 5. The summed E-state index contributed by atoms with van der Waals surface area (Å²) in [6.07, 6.45) is 4.67. The lowest BCUT2D eigenvalue weighted by Crippen LogP contribution is -2.42. The summed E-state index contributed by atoms with van der Waals surface area (Å²) in [6.45, 7) is 14.4. The fourth-order valence-corrected chi connectivity index (χ4v) is 5.26. The average Bonchev–Trinajstić information content (AvgIpc) is 3.10. The summed E-state index contributed by atoms with van der Waals surface area (Å²) in [5.41, 5.74) is 11.3. The second kappa shape index (κ2) is 9.79. The fourth-order valence-electron chi connectivity index (χ4n) is 5.26. The average molecular weight is 496 g/mol. The van der Waals surface area contributed by atoms with Crippen LogP contribution in [0.1, 0.15) is 81.2 Å². The van der Waals surface area contributed by atoms with Crippen molar-refractivity contribution in [3.63, 3.8) is 0 Å². The molecule has 0 radical (unpaired) electrons. The first-order chi connectivity index (χ1) is 16.8. The molecule has 0 saturated carbocycles. The van der Waals surface area contributed by atoms with Crippen LogP contribution in [0, 0.1) is 18.3 Å². The van der Waals surface area contributed by atoms with Gasteiger partial charge in [0.2, 0.25) is 0 Å². The zero-order valence-electron chi connectivity index (χ0n) is 22.6. The zero-order chi connectivity index (χ0) is 26.3. The number of nitrogens with two attached hydrogens (primary N) is 1. The fraction of sp³-hybridized carbons (Fsp3) is 0.607. The lowest BCUT2D eigenvalue weighted by molar-refractivity contribution is 0.0188. The number of fused-ring (bicyclic) bond motifs is 1. The predicted octanol–water partition coefficient (Wildman–Crippen LogP) is 4.85.